The molecule has 3 aromatic heterocycles. The lowest BCUT2D eigenvalue weighted by atomic mass is 9.96. The van der Waals surface area contributed by atoms with Crippen LogP contribution in [0.2, 0.25) is 0 Å². The Balaban J connectivity index is 1.25. The van der Waals surface area contributed by atoms with Gasteiger partial charge in [0.2, 0.25) is 17.5 Å². The number of nitriles is 1. The number of anilines is 1. The van der Waals surface area contributed by atoms with Crippen LogP contribution in [0.15, 0.2) is 32.4 Å². The van der Waals surface area contributed by atoms with Crippen molar-refractivity contribution in [1.82, 2.24) is 25.1 Å². The molecular weight excluding hydrogens is 466 g/mol. The summed E-state index contributed by atoms with van der Waals surface area (Å²) in [5.41, 5.74) is 0.231. The molecule has 0 unspecified atom stereocenters. The summed E-state index contributed by atoms with van der Waals surface area (Å²) in [4.78, 5) is 19.0. The standard InChI is InChI=1S/C24H31N7O3S/c1-16(2)15-31-20(28-29-24(31)35-3)7-4-10-26-21(32)17-8-11-30(12-9-17)23-18(14-25)27-22(34-23)19-6-5-13-33-19/h5-6,13,16-17H,4,7-12,15H2,1-3H3,(H,26,32). The Labute approximate surface area is 209 Å². The van der Waals surface area contributed by atoms with Crippen LogP contribution in [0, 0.1) is 23.2 Å². The highest BCUT2D eigenvalue weighted by Crippen LogP contribution is 2.31. The van der Waals surface area contributed by atoms with Crippen LogP contribution >= 0.6 is 11.8 Å². The summed E-state index contributed by atoms with van der Waals surface area (Å²) in [7, 11) is 0. The Hall–Kier alpha value is -3.26. The number of hydrogen-bond donors (Lipinski definition) is 1. The molecule has 0 atom stereocenters. The number of amides is 1. The zero-order valence-electron chi connectivity index (χ0n) is 20.4. The molecular formula is C24H31N7O3S. The fourth-order valence-electron chi connectivity index (χ4n) is 4.26. The smallest absolute Gasteiger partial charge is 0.266 e. The van der Waals surface area contributed by atoms with Crippen molar-refractivity contribution < 1.29 is 13.6 Å². The highest BCUT2D eigenvalue weighted by molar-refractivity contribution is 7.98. The maximum atomic E-state index is 12.7. The highest BCUT2D eigenvalue weighted by atomic mass is 32.2. The van der Waals surface area contributed by atoms with Crippen molar-refractivity contribution in [3.05, 3.63) is 29.9 Å². The summed E-state index contributed by atoms with van der Waals surface area (Å²) in [5.74, 6) is 2.71. The van der Waals surface area contributed by atoms with Crippen molar-refractivity contribution in [1.29, 1.82) is 5.26 Å². The number of piperidine rings is 1. The first-order chi connectivity index (χ1) is 17.0. The summed E-state index contributed by atoms with van der Waals surface area (Å²) in [6, 6.07) is 5.58. The van der Waals surface area contributed by atoms with Gasteiger partial charge in [0.05, 0.1) is 6.26 Å². The summed E-state index contributed by atoms with van der Waals surface area (Å²) in [6.07, 6.45) is 6.51. The average molecular weight is 498 g/mol. The van der Waals surface area contributed by atoms with Crippen molar-refractivity contribution >= 4 is 23.6 Å². The normalized spacial score (nSPS) is 14.4. The molecule has 1 N–H and O–H groups in total. The van der Waals surface area contributed by atoms with Crippen LogP contribution in [0.25, 0.3) is 11.7 Å². The Morgan fingerprint density at radius 3 is 2.80 bits per heavy atom. The van der Waals surface area contributed by atoms with E-state index in [0.29, 0.717) is 50.0 Å². The van der Waals surface area contributed by atoms with E-state index in [4.69, 9.17) is 8.83 Å². The second kappa shape index (κ2) is 11.4. The highest BCUT2D eigenvalue weighted by Gasteiger charge is 2.29. The first-order valence-corrected chi connectivity index (χ1v) is 13.2. The number of aryl methyl sites for hydroxylation is 1. The summed E-state index contributed by atoms with van der Waals surface area (Å²) >= 11 is 1.61. The molecule has 1 aliphatic rings. The van der Waals surface area contributed by atoms with Gasteiger partial charge in [-0.25, -0.2) is 0 Å². The third kappa shape index (κ3) is 5.88. The van der Waals surface area contributed by atoms with Gasteiger partial charge in [0.1, 0.15) is 11.9 Å². The van der Waals surface area contributed by atoms with Crippen LogP contribution in [-0.4, -0.2) is 51.5 Å². The summed E-state index contributed by atoms with van der Waals surface area (Å²) in [6.45, 7) is 7.10. The van der Waals surface area contributed by atoms with Crippen molar-refractivity contribution in [2.75, 3.05) is 30.8 Å². The van der Waals surface area contributed by atoms with Gasteiger partial charge >= 0.3 is 0 Å². The second-order valence-corrected chi connectivity index (χ2v) is 9.80. The quantitative estimate of drug-likeness (QED) is 0.329. The number of furan rings is 1. The molecule has 1 aliphatic heterocycles. The Kier molecular flexibility index (Phi) is 8.13. The minimum atomic E-state index is -0.0584. The van der Waals surface area contributed by atoms with E-state index in [-0.39, 0.29) is 23.4 Å². The molecule has 4 rings (SSSR count). The van der Waals surface area contributed by atoms with Crippen LogP contribution in [0.4, 0.5) is 5.88 Å². The van der Waals surface area contributed by atoms with Gasteiger partial charge in [-0.2, -0.15) is 10.2 Å². The summed E-state index contributed by atoms with van der Waals surface area (Å²) in [5, 5.41) is 22.1. The molecule has 1 fully saturated rings. The first kappa shape index (κ1) is 24.9. The zero-order valence-corrected chi connectivity index (χ0v) is 21.2. The van der Waals surface area contributed by atoms with Gasteiger partial charge in [-0.1, -0.05) is 25.6 Å². The number of aromatic nitrogens is 4. The number of thioether (sulfide) groups is 1. The monoisotopic (exact) mass is 497 g/mol. The fraction of sp³-hybridized carbons (Fsp3) is 0.542. The van der Waals surface area contributed by atoms with E-state index in [2.05, 4.69) is 45.0 Å². The third-order valence-corrected chi connectivity index (χ3v) is 6.67. The van der Waals surface area contributed by atoms with Crippen LogP contribution in [0.5, 0.6) is 0 Å². The predicted octanol–water partition coefficient (Wildman–Crippen LogP) is 3.74. The topological polar surface area (TPSA) is 126 Å². The van der Waals surface area contributed by atoms with Gasteiger partial charge < -0.3 is 23.6 Å². The third-order valence-electron chi connectivity index (χ3n) is 6.00. The van der Waals surface area contributed by atoms with Crippen LogP contribution < -0.4 is 10.2 Å². The molecule has 0 bridgehead atoms. The lowest BCUT2D eigenvalue weighted by Gasteiger charge is -2.30. The molecule has 4 heterocycles. The molecule has 0 radical (unpaired) electrons. The van der Waals surface area contributed by atoms with E-state index in [0.717, 1.165) is 30.4 Å². The number of carbonyl (C=O) groups is 1. The molecule has 0 saturated carbocycles. The van der Waals surface area contributed by atoms with Gasteiger partial charge in [0.15, 0.2) is 10.9 Å². The van der Waals surface area contributed by atoms with Gasteiger partial charge in [-0.05, 0) is 43.6 Å². The lowest BCUT2D eigenvalue weighted by molar-refractivity contribution is -0.125. The molecule has 0 spiro atoms. The number of rotatable bonds is 10. The predicted molar refractivity (Wildman–Crippen MR) is 132 cm³/mol. The van der Waals surface area contributed by atoms with Crippen molar-refractivity contribution in [3.63, 3.8) is 0 Å². The SMILES string of the molecule is CSc1nnc(CCCNC(=O)C2CCN(c3oc(-c4ccco4)nc3C#N)CC2)n1CC(C)C. The number of oxazole rings is 1. The van der Waals surface area contributed by atoms with Crippen LogP contribution in [-0.2, 0) is 17.8 Å². The maximum Gasteiger partial charge on any atom is 0.266 e. The molecule has 35 heavy (non-hydrogen) atoms. The number of carbonyl (C=O) groups excluding carboxylic acids is 1. The number of nitrogens with zero attached hydrogens (tertiary/aromatic N) is 6. The summed E-state index contributed by atoms with van der Waals surface area (Å²) < 4.78 is 13.3. The van der Waals surface area contributed by atoms with Crippen molar-refractivity contribution in [2.45, 2.75) is 51.2 Å². The zero-order chi connectivity index (χ0) is 24.8. The molecule has 10 nitrogen and oxygen atoms in total. The number of hydrogen-bond acceptors (Lipinski definition) is 9. The van der Waals surface area contributed by atoms with E-state index in [1.807, 2.05) is 11.2 Å². The van der Waals surface area contributed by atoms with Gasteiger partial charge in [0, 0.05) is 38.5 Å². The molecule has 0 aliphatic carbocycles. The maximum absolute atomic E-state index is 12.7. The molecule has 0 aromatic carbocycles. The van der Waals surface area contributed by atoms with Gasteiger partial charge in [-0.15, -0.1) is 10.2 Å². The lowest BCUT2D eigenvalue weighted by Crippen LogP contribution is -2.41. The van der Waals surface area contributed by atoms with Crippen LogP contribution in [0.3, 0.4) is 0 Å². The first-order valence-electron chi connectivity index (χ1n) is 11.9. The number of nitrogens with one attached hydrogen (secondary N) is 1. The van der Waals surface area contributed by atoms with Crippen LogP contribution in [0.1, 0.15) is 44.6 Å². The van der Waals surface area contributed by atoms with E-state index < -0.39 is 0 Å². The minimum Gasteiger partial charge on any atom is -0.459 e. The van der Waals surface area contributed by atoms with Crippen molar-refractivity contribution in [2.24, 2.45) is 11.8 Å². The Morgan fingerprint density at radius 2 is 2.14 bits per heavy atom. The van der Waals surface area contributed by atoms with E-state index in [1.165, 1.54) is 6.26 Å². The molecule has 11 heteroatoms. The van der Waals surface area contributed by atoms with E-state index in [9.17, 15) is 10.1 Å². The molecule has 186 valence electrons. The van der Waals surface area contributed by atoms with E-state index in [1.54, 1.807) is 23.9 Å². The van der Waals surface area contributed by atoms with Crippen molar-refractivity contribution in [3.8, 4) is 17.7 Å². The minimum absolute atomic E-state index is 0.0584. The Morgan fingerprint density at radius 1 is 1.34 bits per heavy atom. The van der Waals surface area contributed by atoms with E-state index >= 15 is 0 Å². The molecule has 1 saturated heterocycles. The van der Waals surface area contributed by atoms with Gasteiger partial charge in [-0.3, -0.25) is 4.79 Å². The Bertz CT molecular complexity index is 1150. The van der Waals surface area contributed by atoms with Gasteiger partial charge in [0.25, 0.3) is 5.89 Å². The average Bonchev–Trinajstić information content (AvgIpc) is 3.61. The second-order valence-electron chi connectivity index (χ2n) is 9.03. The molecule has 3 aromatic rings. The largest absolute Gasteiger partial charge is 0.459 e. The fourth-order valence-corrected chi connectivity index (χ4v) is 4.78. The molecule has 1 amide bonds.